The summed E-state index contributed by atoms with van der Waals surface area (Å²) in [5.74, 6) is -0.459. The van der Waals surface area contributed by atoms with E-state index in [0.717, 1.165) is 18.4 Å². The minimum atomic E-state index is -0.672. The molecule has 1 aromatic carbocycles. The van der Waals surface area contributed by atoms with Crippen LogP contribution in [0.2, 0.25) is 0 Å². The van der Waals surface area contributed by atoms with E-state index in [-0.39, 0.29) is 18.0 Å². The third-order valence-electron chi connectivity index (χ3n) is 4.14. The Labute approximate surface area is 138 Å². The summed E-state index contributed by atoms with van der Waals surface area (Å²) < 4.78 is 33.5. The van der Waals surface area contributed by atoms with Gasteiger partial charge >= 0.3 is 5.69 Å². The highest BCUT2D eigenvalue weighted by Gasteiger charge is 2.36. The van der Waals surface area contributed by atoms with Crippen LogP contribution in [0.15, 0.2) is 29.1 Å². The molecule has 5 nitrogen and oxygen atoms in total. The molecule has 7 heteroatoms. The van der Waals surface area contributed by atoms with Crippen LogP contribution in [-0.2, 0) is 13.2 Å². The van der Waals surface area contributed by atoms with Crippen molar-refractivity contribution in [1.82, 2.24) is 9.55 Å². The van der Waals surface area contributed by atoms with Crippen LogP contribution in [0.4, 0.5) is 14.6 Å². The fourth-order valence-electron chi connectivity index (χ4n) is 3.14. The smallest absolute Gasteiger partial charge is 0.352 e. The normalized spacial score (nSPS) is 15.5. The van der Waals surface area contributed by atoms with Crippen molar-refractivity contribution in [3.05, 3.63) is 51.9 Å². The number of nitrogens with zero attached hydrogens (tertiary/aromatic N) is 3. The highest BCUT2D eigenvalue weighted by molar-refractivity contribution is 5.48. The van der Waals surface area contributed by atoms with Gasteiger partial charge in [-0.3, -0.25) is 4.57 Å². The summed E-state index contributed by atoms with van der Waals surface area (Å²) in [7, 11) is 0. The monoisotopic (exact) mass is 335 g/mol. The van der Waals surface area contributed by atoms with Crippen LogP contribution in [0.1, 0.15) is 26.3 Å². The van der Waals surface area contributed by atoms with Crippen LogP contribution in [0.25, 0.3) is 0 Å². The number of likely N-dealkylation sites (N-methyl/N-ethyl adjacent to an activating group) is 1. The van der Waals surface area contributed by atoms with Crippen molar-refractivity contribution in [1.29, 1.82) is 0 Å². The average Bonchev–Trinajstić information content (AvgIpc) is 2.74. The molecule has 0 amide bonds. The second-order valence-corrected chi connectivity index (χ2v) is 6.44. The van der Waals surface area contributed by atoms with Gasteiger partial charge in [0.25, 0.3) is 0 Å². The van der Waals surface area contributed by atoms with Gasteiger partial charge in [-0.25, -0.2) is 13.6 Å². The Morgan fingerprint density at radius 2 is 1.88 bits per heavy atom. The lowest BCUT2D eigenvalue weighted by molar-refractivity contribution is 0.290. The zero-order chi connectivity index (χ0) is 17.5. The predicted octanol–water partition coefficient (Wildman–Crippen LogP) is 2.72. The minimum absolute atomic E-state index is 0.0694. The van der Waals surface area contributed by atoms with E-state index in [4.69, 9.17) is 4.74 Å². The first-order valence-electron chi connectivity index (χ1n) is 7.77. The van der Waals surface area contributed by atoms with Gasteiger partial charge in [-0.2, -0.15) is 4.98 Å². The molecular weight excluding hydrogens is 316 g/mol. The lowest BCUT2D eigenvalue weighted by Crippen LogP contribution is -2.41. The zero-order valence-corrected chi connectivity index (χ0v) is 13.8. The summed E-state index contributed by atoms with van der Waals surface area (Å²) in [4.78, 5) is 18.2. The lowest BCUT2D eigenvalue weighted by atomic mass is 10.1. The van der Waals surface area contributed by atoms with Crippen LogP contribution in [-0.4, -0.2) is 21.6 Å². The number of hydrogen-bond acceptors (Lipinski definition) is 4. The van der Waals surface area contributed by atoms with Crippen LogP contribution in [0.3, 0.4) is 0 Å². The van der Waals surface area contributed by atoms with E-state index >= 15 is 0 Å². The van der Waals surface area contributed by atoms with Crippen LogP contribution >= 0.6 is 0 Å². The third kappa shape index (κ3) is 2.98. The molecule has 0 bridgehead atoms. The molecule has 3 rings (SSSR count). The quantitative estimate of drug-likeness (QED) is 0.862. The van der Waals surface area contributed by atoms with Gasteiger partial charge in [0.2, 0.25) is 5.88 Å². The molecule has 2 aromatic rings. The minimum Gasteiger partial charge on any atom is -0.473 e. The largest absolute Gasteiger partial charge is 0.473 e. The molecule has 2 heterocycles. The Kier molecular flexibility index (Phi) is 4.03. The summed E-state index contributed by atoms with van der Waals surface area (Å²) in [5, 5.41) is 0. The van der Waals surface area contributed by atoms with E-state index in [9.17, 15) is 13.6 Å². The third-order valence-corrected chi connectivity index (χ3v) is 4.14. The van der Waals surface area contributed by atoms with E-state index in [1.165, 1.54) is 12.1 Å². The highest BCUT2D eigenvalue weighted by atomic mass is 19.1. The first-order chi connectivity index (χ1) is 11.3. The van der Waals surface area contributed by atoms with E-state index in [1.807, 2.05) is 6.92 Å². The summed E-state index contributed by atoms with van der Waals surface area (Å²) in [5.41, 5.74) is -0.244. The molecule has 0 saturated heterocycles. The highest BCUT2D eigenvalue weighted by Crippen LogP contribution is 2.33. The molecule has 0 unspecified atom stereocenters. The van der Waals surface area contributed by atoms with Gasteiger partial charge in [-0.05, 0) is 38.5 Å². The lowest BCUT2D eigenvalue weighted by Gasteiger charge is -2.31. The predicted molar refractivity (Wildman–Crippen MR) is 86.3 cm³/mol. The van der Waals surface area contributed by atoms with Gasteiger partial charge in [-0.15, -0.1) is 0 Å². The standard InChI is InChI=1S/C17H19F2N3O2/c1-4-22-15-8-14(20-16(23)21(15)10-17(22,2)3)24-9-11-5-12(18)7-13(19)6-11/h5-8H,4,9-10H2,1-3H3. The second kappa shape index (κ2) is 5.89. The number of hydrogen-bond donors (Lipinski definition) is 0. The number of halogens is 2. The SMILES string of the molecule is CCN1c2cc(OCc3cc(F)cc(F)c3)nc(=O)n2CC1(C)C. The number of benzene rings is 1. The maximum Gasteiger partial charge on any atom is 0.352 e. The molecule has 0 atom stereocenters. The van der Waals surface area contributed by atoms with Crippen molar-refractivity contribution >= 4 is 5.82 Å². The van der Waals surface area contributed by atoms with Gasteiger partial charge in [0.05, 0.1) is 12.1 Å². The zero-order valence-electron chi connectivity index (χ0n) is 13.8. The van der Waals surface area contributed by atoms with Crippen molar-refractivity contribution in [3.63, 3.8) is 0 Å². The van der Waals surface area contributed by atoms with Crippen molar-refractivity contribution in [2.45, 2.75) is 39.5 Å². The topological polar surface area (TPSA) is 47.4 Å². The summed E-state index contributed by atoms with van der Waals surface area (Å²) >= 11 is 0. The van der Waals surface area contributed by atoms with Gasteiger partial charge in [0, 0.05) is 18.7 Å². The molecule has 0 radical (unpaired) electrons. The van der Waals surface area contributed by atoms with E-state index < -0.39 is 17.3 Å². The van der Waals surface area contributed by atoms with Gasteiger partial charge in [0.15, 0.2) is 0 Å². The molecule has 0 aliphatic carbocycles. The molecule has 0 fully saturated rings. The molecule has 1 aromatic heterocycles. The van der Waals surface area contributed by atoms with Gasteiger partial charge in [0.1, 0.15) is 24.1 Å². The van der Waals surface area contributed by atoms with Crippen molar-refractivity contribution in [2.24, 2.45) is 0 Å². The fourth-order valence-corrected chi connectivity index (χ4v) is 3.14. The Morgan fingerprint density at radius 3 is 2.50 bits per heavy atom. The van der Waals surface area contributed by atoms with E-state index in [2.05, 4.69) is 23.7 Å². The molecule has 128 valence electrons. The Balaban J connectivity index is 1.86. The molecule has 0 N–H and O–H groups in total. The average molecular weight is 335 g/mol. The molecule has 0 saturated carbocycles. The molecule has 1 aliphatic heterocycles. The van der Waals surface area contributed by atoms with Crippen molar-refractivity contribution < 1.29 is 13.5 Å². The van der Waals surface area contributed by atoms with Crippen molar-refractivity contribution in [2.75, 3.05) is 11.4 Å². The van der Waals surface area contributed by atoms with Crippen LogP contribution < -0.4 is 15.3 Å². The summed E-state index contributed by atoms with van der Waals surface area (Å²) in [6.07, 6.45) is 0. The second-order valence-electron chi connectivity index (χ2n) is 6.44. The van der Waals surface area contributed by atoms with Crippen LogP contribution in [0.5, 0.6) is 5.88 Å². The molecule has 0 spiro atoms. The first kappa shape index (κ1) is 16.4. The Hall–Kier alpha value is -2.44. The summed E-state index contributed by atoms with van der Waals surface area (Å²) in [6, 6.07) is 4.86. The molecule has 24 heavy (non-hydrogen) atoms. The van der Waals surface area contributed by atoms with Gasteiger partial charge in [-0.1, -0.05) is 0 Å². The number of rotatable bonds is 4. The van der Waals surface area contributed by atoms with E-state index in [1.54, 1.807) is 10.6 Å². The number of anilines is 1. The van der Waals surface area contributed by atoms with E-state index in [0.29, 0.717) is 12.1 Å². The summed E-state index contributed by atoms with van der Waals surface area (Å²) in [6.45, 7) is 7.35. The number of ether oxygens (including phenoxy) is 1. The maximum atomic E-state index is 13.2. The first-order valence-corrected chi connectivity index (χ1v) is 7.77. The number of aromatic nitrogens is 2. The molecular formula is C17H19F2N3O2. The Morgan fingerprint density at radius 1 is 1.21 bits per heavy atom. The van der Waals surface area contributed by atoms with Crippen LogP contribution in [0, 0.1) is 11.6 Å². The van der Waals surface area contributed by atoms with Gasteiger partial charge < -0.3 is 9.64 Å². The fraction of sp³-hybridized carbons (Fsp3) is 0.412. The molecule has 1 aliphatic rings. The maximum absolute atomic E-state index is 13.2. The van der Waals surface area contributed by atoms with Crippen molar-refractivity contribution in [3.8, 4) is 5.88 Å². The Bertz CT molecular complexity index is 813. The number of fused-ring (bicyclic) bond motifs is 1.